The Morgan fingerprint density at radius 2 is 1.67 bits per heavy atom. The van der Waals surface area contributed by atoms with Crippen LogP contribution in [0, 0.1) is 0 Å². The summed E-state index contributed by atoms with van der Waals surface area (Å²) in [7, 11) is 0. The molecular weight excluding hydrogens is 230 g/mol. The minimum Gasteiger partial charge on any atom is -0.453 e. The summed E-state index contributed by atoms with van der Waals surface area (Å²) in [4.78, 5) is 10.4. The molecule has 0 atom stereocenters. The zero-order valence-electron chi connectivity index (χ0n) is 7.37. The lowest BCUT2D eigenvalue weighted by molar-refractivity contribution is -0.182. The van der Waals surface area contributed by atoms with Crippen molar-refractivity contribution in [3.05, 3.63) is 11.6 Å². The van der Waals surface area contributed by atoms with Gasteiger partial charge in [0.05, 0.1) is 0 Å². The van der Waals surface area contributed by atoms with E-state index in [9.17, 15) is 31.1 Å². The molecular formula is C7H6F6O2. The summed E-state index contributed by atoms with van der Waals surface area (Å²) in [6.07, 6.45) is -9.54. The van der Waals surface area contributed by atoms with Crippen molar-refractivity contribution in [3.63, 3.8) is 0 Å². The van der Waals surface area contributed by atoms with Gasteiger partial charge < -0.3 is 4.74 Å². The third kappa shape index (κ3) is 6.81. The quantitative estimate of drug-likeness (QED) is 0.418. The Bertz CT molecular complexity index is 262. The van der Waals surface area contributed by atoms with Crippen molar-refractivity contribution in [3.8, 4) is 0 Å². The van der Waals surface area contributed by atoms with Crippen molar-refractivity contribution in [1.82, 2.24) is 0 Å². The fraction of sp³-hybridized carbons (Fsp3) is 0.571. The zero-order chi connectivity index (χ0) is 12.3. The van der Waals surface area contributed by atoms with Gasteiger partial charge in [0.1, 0.15) is 0 Å². The van der Waals surface area contributed by atoms with E-state index >= 15 is 0 Å². The Morgan fingerprint density at radius 3 is 2.00 bits per heavy atom. The first-order chi connectivity index (χ1) is 6.52. The van der Waals surface area contributed by atoms with Gasteiger partial charge in [-0.2, -0.15) is 26.3 Å². The molecule has 0 heterocycles. The van der Waals surface area contributed by atoms with Crippen LogP contribution in [0.3, 0.4) is 0 Å². The smallest absolute Gasteiger partial charge is 0.422 e. The molecule has 0 rings (SSSR count). The van der Waals surface area contributed by atoms with E-state index in [0.29, 0.717) is 6.92 Å². The average Bonchev–Trinajstić information content (AvgIpc) is 1.97. The maximum atomic E-state index is 11.8. The highest BCUT2D eigenvalue weighted by Crippen LogP contribution is 2.24. The Balaban J connectivity index is 4.27. The molecule has 0 bridgehead atoms. The predicted molar refractivity (Wildman–Crippen MR) is 36.8 cm³/mol. The molecule has 15 heavy (non-hydrogen) atoms. The summed E-state index contributed by atoms with van der Waals surface area (Å²) in [5.41, 5.74) is -1.32. The molecule has 0 amide bonds. The predicted octanol–water partition coefficient (Wildman–Crippen LogP) is 2.60. The summed E-state index contributed by atoms with van der Waals surface area (Å²) in [5, 5.41) is 0. The van der Waals surface area contributed by atoms with E-state index in [1.165, 1.54) is 0 Å². The molecule has 0 fully saturated rings. The number of rotatable bonds is 2. The first-order valence-corrected chi connectivity index (χ1v) is 3.51. The standard InChI is InChI=1S/C7H6F6O2/c1-4(7(11,12)13)2-5(14)15-3-6(8,9)10/h2H,3H2,1H3/b4-2+. The molecule has 0 aliphatic rings. The van der Waals surface area contributed by atoms with Crippen LogP contribution >= 0.6 is 0 Å². The van der Waals surface area contributed by atoms with Gasteiger partial charge in [0.2, 0.25) is 0 Å². The van der Waals surface area contributed by atoms with Gasteiger partial charge in [0.25, 0.3) is 0 Å². The van der Waals surface area contributed by atoms with E-state index in [1.807, 2.05) is 0 Å². The molecule has 0 saturated heterocycles. The van der Waals surface area contributed by atoms with Gasteiger partial charge in [-0.25, -0.2) is 4.79 Å². The monoisotopic (exact) mass is 236 g/mol. The summed E-state index contributed by atoms with van der Waals surface area (Å²) in [6.45, 7) is -1.36. The zero-order valence-corrected chi connectivity index (χ0v) is 7.37. The van der Waals surface area contributed by atoms with Crippen molar-refractivity contribution in [2.24, 2.45) is 0 Å². The van der Waals surface area contributed by atoms with E-state index in [-0.39, 0.29) is 6.08 Å². The average molecular weight is 236 g/mol. The number of esters is 1. The number of hydrogen-bond donors (Lipinski definition) is 0. The molecule has 0 aromatic carbocycles. The van der Waals surface area contributed by atoms with E-state index in [0.717, 1.165) is 0 Å². The topological polar surface area (TPSA) is 26.3 Å². The second kappa shape index (κ2) is 4.54. The highest BCUT2D eigenvalue weighted by Gasteiger charge is 2.32. The number of carbonyl (C=O) groups is 1. The largest absolute Gasteiger partial charge is 0.453 e. The van der Waals surface area contributed by atoms with Crippen molar-refractivity contribution in [2.75, 3.05) is 6.61 Å². The van der Waals surface area contributed by atoms with Crippen molar-refractivity contribution >= 4 is 5.97 Å². The number of halogens is 6. The molecule has 8 heteroatoms. The van der Waals surface area contributed by atoms with Crippen LogP contribution in [0.1, 0.15) is 6.92 Å². The summed E-state index contributed by atoms with van der Waals surface area (Å²) >= 11 is 0. The lowest BCUT2D eigenvalue weighted by Crippen LogP contribution is -2.20. The van der Waals surface area contributed by atoms with E-state index < -0.39 is 30.5 Å². The van der Waals surface area contributed by atoms with Gasteiger partial charge in [-0.3, -0.25) is 0 Å². The van der Waals surface area contributed by atoms with Crippen LogP contribution in [-0.2, 0) is 9.53 Å². The van der Waals surface area contributed by atoms with E-state index in [4.69, 9.17) is 0 Å². The van der Waals surface area contributed by atoms with Gasteiger partial charge >= 0.3 is 18.3 Å². The Morgan fingerprint density at radius 1 is 1.20 bits per heavy atom. The molecule has 0 aromatic heterocycles. The lowest BCUT2D eigenvalue weighted by Gasteiger charge is -2.08. The van der Waals surface area contributed by atoms with Crippen molar-refractivity contribution in [2.45, 2.75) is 19.3 Å². The normalized spacial score (nSPS) is 13.9. The first-order valence-electron chi connectivity index (χ1n) is 3.51. The Hall–Kier alpha value is -1.21. The van der Waals surface area contributed by atoms with Crippen LogP contribution in [0.5, 0.6) is 0 Å². The van der Waals surface area contributed by atoms with Gasteiger partial charge in [-0.05, 0) is 6.92 Å². The fourth-order valence-corrected chi connectivity index (χ4v) is 0.453. The highest BCUT2D eigenvalue weighted by atomic mass is 19.4. The second-order valence-corrected chi connectivity index (χ2v) is 2.55. The van der Waals surface area contributed by atoms with Crippen LogP contribution in [0.25, 0.3) is 0 Å². The first kappa shape index (κ1) is 13.8. The lowest BCUT2D eigenvalue weighted by atomic mass is 10.3. The molecule has 0 radical (unpaired) electrons. The number of hydrogen-bond acceptors (Lipinski definition) is 2. The van der Waals surface area contributed by atoms with Gasteiger partial charge in [-0.15, -0.1) is 0 Å². The molecule has 0 aliphatic carbocycles. The summed E-state index contributed by atoms with van der Waals surface area (Å²) in [5.74, 6) is -1.68. The minimum absolute atomic E-state index is 0.0360. The van der Waals surface area contributed by atoms with Crippen LogP contribution < -0.4 is 0 Å². The van der Waals surface area contributed by atoms with Crippen molar-refractivity contribution in [1.29, 1.82) is 0 Å². The third-order valence-corrected chi connectivity index (χ3v) is 1.16. The maximum absolute atomic E-state index is 11.8. The summed E-state index contributed by atoms with van der Waals surface area (Å²) in [6, 6.07) is 0. The van der Waals surface area contributed by atoms with Crippen LogP contribution in [0.15, 0.2) is 11.6 Å². The van der Waals surface area contributed by atoms with Crippen molar-refractivity contribution < 1.29 is 35.9 Å². The molecule has 88 valence electrons. The molecule has 0 spiro atoms. The Kier molecular flexibility index (Phi) is 4.17. The van der Waals surface area contributed by atoms with Gasteiger partial charge in [-0.1, -0.05) is 0 Å². The van der Waals surface area contributed by atoms with E-state index in [2.05, 4.69) is 4.74 Å². The second-order valence-electron chi connectivity index (χ2n) is 2.55. The van der Waals surface area contributed by atoms with Crippen LogP contribution in [0.4, 0.5) is 26.3 Å². The molecule has 0 saturated carbocycles. The van der Waals surface area contributed by atoms with Crippen LogP contribution in [-0.4, -0.2) is 24.9 Å². The Labute approximate surface area is 80.5 Å². The minimum atomic E-state index is -4.75. The van der Waals surface area contributed by atoms with Gasteiger partial charge in [0.15, 0.2) is 6.61 Å². The maximum Gasteiger partial charge on any atom is 0.422 e. The number of allylic oxidation sites excluding steroid dienone is 1. The molecule has 0 unspecified atom stereocenters. The summed E-state index contributed by atoms with van der Waals surface area (Å²) < 4.78 is 73.3. The molecule has 0 aliphatic heterocycles. The van der Waals surface area contributed by atoms with Gasteiger partial charge in [0, 0.05) is 11.6 Å². The van der Waals surface area contributed by atoms with E-state index in [1.54, 1.807) is 0 Å². The SMILES string of the molecule is C/C(=C\C(=O)OCC(F)(F)F)C(F)(F)F. The molecule has 0 aromatic rings. The molecule has 2 nitrogen and oxygen atoms in total. The number of alkyl halides is 6. The fourth-order valence-electron chi connectivity index (χ4n) is 0.453. The number of carbonyl (C=O) groups excluding carboxylic acids is 1. The number of ether oxygens (including phenoxy) is 1. The molecule has 0 N–H and O–H groups in total. The van der Waals surface area contributed by atoms with Crippen LogP contribution in [0.2, 0.25) is 0 Å². The third-order valence-electron chi connectivity index (χ3n) is 1.16. The highest BCUT2D eigenvalue weighted by molar-refractivity contribution is 5.82.